The molecule has 0 unspecified atom stereocenters. The van der Waals surface area contributed by atoms with E-state index in [1.165, 1.54) is 5.56 Å². The molecule has 0 aliphatic carbocycles. The predicted octanol–water partition coefficient (Wildman–Crippen LogP) is 3.40. The van der Waals surface area contributed by atoms with Crippen LogP contribution in [0.5, 0.6) is 5.75 Å². The molecule has 0 atom stereocenters. The third kappa shape index (κ3) is 1.42. The lowest BCUT2D eigenvalue weighted by molar-refractivity contribution is 0.234. The van der Waals surface area contributed by atoms with Gasteiger partial charge in [-0.15, -0.1) is 0 Å². The molecule has 70 valence electrons. The average Bonchev–Trinajstić information content (AvgIpc) is 2.06. The largest absolute Gasteiger partial charge is 0.492 e. The van der Waals surface area contributed by atoms with Crippen LogP contribution >= 0.6 is 11.6 Å². The first-order chi connectivity index (χ1) is 6.11. The van der Waals surface area contributed by atoms with Gasteiger partial charge in [0, 0.05) is 5.56 Å². The number of hydrogen-bond donors (Lipinski definition) is 0. The van der Waals surface area contributed by atoms with E-state index >= 15 is 0 Å². The molecule has 1 aromatic carbocycles. The van der Waals surface area contributed by atoms with Crippen molar-refractivity contribution in [2.45, 2.75) is 25.7 Å². The molecule has 1 heterocycles. The molecule has 0 aromatic heterocycles. The molecular weight excluding hydrogens is 184 g/mol. The summed E-state index contributed by atoms with van der Waals surface area (Å²) >= 11 is 6.04. The lowest BCUT2D eigenvalue weighted by Crippen LogP contribution is -2.26. The van der Waals surface area contributed by atoms with Gasteiger partial charge in [-0.3, -0.25) is 0 Å². The summed E-state index contributed by atoms with van der Waals surface area (Å²) < 4.78 is 5.56. The van der Waals surface area contributed by atoms with Crippen molar-refractivity contribution in [1.29, 1.82) is 0 Å². The second-order valence-corrected chi connectivity index (χ2v) is 4.51. The fourth-order valence-corrected chi connectivity index (χ4v) is 1.96. The molecule has 13 heavy (non-hydrogen) atoms. The van der Waals surface area contributed by atoms with E-state index in [9.17, 15) is 0 Å². The molecule has 2 heteroatoms. The van der Waals surface area contributed by atoms with Gasteiger partial charge in [0.1, 0.15) is 5.75 Å². The number of fused-ring (bicyclic) bond motifs is 1. The first kappa shape index (κ1) is 8.89. The Labute approximate surface area is 83.7 Å². The zero-order valence-corrected chi connectivity index (χ0v) is 8.69. The summed E-state index contributed by atoms with van der Waals surface area (Å²) in [6.45, 7) is 5.22. The first-order valence-corrected chi connectivity index (χ1v) is 4.91. The highest BCUT2D eigenvalue weighted by Gasteiger charge is 2.29. The van der Waals surface area contributed by atoms with E-state index in [1.54, 1.807) is 0 Å². The fraction of sp³-hybridized carbons (Fsp3) is 0.455. The molecular formula is C11H13ClO. The summed E-state index contributed by atoms with van der Waals surface area (Å²) in [5, 5.41) is 0.727. The number of rotatable bonds is 0. The molecule has 0 amide bonds. The Hall–Kier alpha value is -0.690. The van der Waals surface area contributed by atoms with Crippen molar-refractivity contribution in [1.82, 2.24) is 0 Å². The maximum absolute atomic E-state index is 6.04. The second-order valence-electron chi connectivity index (χ2n) is 4.10. The molecule has 0 saturated heterocycles. The van der Waals surface area contributed by atoms with E-state index in [-0.39, 0.29) is 5.41 Å². The Morgan fingerprint density at radius 2 is 2.15 bits per heavy atom. The molecule has 0 fully saturated rings. The highest BCUT2D eigenvalue weighted by molar-refractivity contribution is 6.32. The normalized spacial score (nSPS) is 19.0. The van der Waals surface area contributed by atoms with Gasteiger partial charge in [0.15, 0.2) is 0 Å². The zero-order chi connectivity index (χ0) is 9.47. The highest BCUT2D eigenvalue weighted by atomic mass is 35.5. The van der Waals surface area contributed by atoms with Crippen LogP contribution in [0.4, 0.5) is 0 Å². The smallest absolute Gasteiger partial charge is 0.141 e. The van der Waals surface area contributed by atoms with E-state index < -0.39 is 0 Å². The molecule has 0 radical (unpaired) electrons. The Balaban J connectivity index is 2.58. The Morgan fingerprint density at radius 3 is 2.85 bits per heavy atom. The van der Waals surface area contributed by atoms with Crippen LogP contribution in [-0.2, 0) is 5.41 Å². The molecule has 0 N–H and O–H groups in total. The summed E-state index contributed by atoms with van der Waals surface area (Å²) in [5.74, 6) is 0.875. The van der Waals surface area contributed by atoms with Crippen LogP contribution in [-0.4, -0.2) is 6.61 Å². The molecule has 0 spiro atoms. The van der Waals surface area contributed by atoms with Crippen molar-refractivity contribution in [3.8, 4) is 5.75 Å². The predicted molar refractivity (Wildman–Crippen MR) is 54.6 cm³/mol. The number of hydrogen-bond acceptors (Lipinski definition) is 1. The number of ether oxygens (including phenoxy) is 1. The standard InChI is InChI=1S/C11H13ClO/c1-11(2)6-7-13-10-8(11)4-3-5-9(10)12/h3-5H,6-7H2,1-2H3. The summed E-state index contributed by atoms with van der Waals surface area (Å²) in [5.41, 5.74) is 1.42. The van der Waals surface area contributed by atoms with E-state index in [2.05, 4.69) is 19.9 Å². The molecule has 0 saturated carbocycles. The minimum Gasteiger partial charge on any atom is -0.492 e. The Morgan fingerprint density at radius 1 is 1.38 bits per heavy atom. The minimum atomic E-state index is 0.193. The van der Waals surface area contributed by atoms with Gasteiger partial charge in [0.05, 0.1) is 11.6 Å². The van der Waals surface area contributed by atoms with Gasteiger partial charge >= 0.3 is 0 Å². The van der Waals surface area contributed by atoms with Crippen molar-refractivity contribution in [2.75, 3.05) is 6.61 Å². The Bertz CT molecular complexity index is 331. The van der Waals surface area contributed by atoms with E-state index in [0.717, 1.165) is 23.8 Å². The molecule has 1 nitrogen and oxygen atoms in total. The molecule has 0 bridgehead atoms. The minimum absolute atomic E-state index is 0.193. The third-order valence-corrected chi connectivity index (χ3v) is 2.97. The lowest BCUT2D eigenvalue weighted by Gasteiger charge is -2.32. The van der Waals surface area contributed by atoms with Crippen LogP contribution in [0.25, 0.3) is 0 Å². The number of benzene rings is 1. The van der Waals surface area contributed by atoms with E-state index in [1.807, 2.05) is 12.1 Å². The van der Waals surface area contributed by atoms with Gasteiger partial charge in [0.25, 0.3) is 0 Å². The van der Waals surface area contributed by atoms with Crippen molar-refractivity contribution >= 4 is 11.6 Å². The lowest BCUT2D eigenvalue weighted by atomic mass is 9.80. The fourth-order valence-electron chi connectivity index (χ4n) is 1.73. The van der Waals surface area contributed by atoms with Crippen LogP contribution in [0.2, 0.25) is 5.02 Å². The summed E-state index contributed by atoms with van der Waals surface area (Å²) in [6.07, 6.45) is 1.06. The van der Waals surface area contributed by atoms with E-state index in [0.29, 0.717) is 0 Å². The van der Waals surface area contributed by atoms with Crippen LogP contribution < -0.4 is 4.74 Å². The highest BCUT2D eigenvalue weighted by Crippen LogP contribution is 2.41. The summed E-state index contributed by atoms with van der Waals surface area (Å²) in [4.78, 5) is 0. The van der Waals surface area contributed by atoms with Crippen LogP contribution in [0, 0.1) is 0 Å². The monoisotopic (exact) mass is 196 g/mol. The summed E-state index contributed by atoms with van der Waals surface area (Å²) in [6, 6.07) is 5.96. The zero-order valence-electron chi connectivity index (χ0n) is 7.93. The second kappa shape index (κ2) is 2.91. The molecule has 1 aromatic rings. The molecule has 2 rings (SSSR count). The van der Waals surface area contributed by atoms with Crippen molar-refractivity contribution in [3.05, 3.63) is 28.8 Å². The quantitative estimate of drug-likeness (QED) is 0.618. The van der Waals surface area contributed by atoms with Crippen molar-refractivity contribution < 1.29 is 4.74 Å². The molecule has 1 aliphatic heterocycles. The average molecular weight is 197 g/mol. The van der Waals surface area contributed by atoms with Gasteiger partial charge in [-0.2, -0.15) is 0 Å². The summed E-state index contributed by atoms with van der Waals surface area (Å²) in [7, 11) is 0. The van der Waals surface area contributed by atoms with Gasteiger partial charge in [0.2, 0.25) is 0 Å². The van der Waals surface area contributed by atoms with Crippen LogP contribution in [0.1, 0.15) is 25.8 Å². The van der Waals surface area contributed by atoms with Crippen molar-refractivity contribution in [3.63, 3.8) is 0 Å². The van der Waals surface area contributed by atoms with Gasteiger partial charge in [-0.05, 0) is 17.9 Å². The van der Waals surface area contributed by atoms with Crippen LogP contribution in [0.15, 0.2) is 18.2 Å². The number of halogens is 1. The first-order valence-electron chi connectivity index (χ1n) is 4.53. The third-order valence-electron chi connectivity index (χ3n) is 2.67. The molecule has 1 aliphatic rings. The topological polar surface area (TPSA) is 9.23 Å². The van der Waals surface area contributed by atoms with Gasteiger partial charge < -0.3 is 4.74 Å². The maximum atomic E-state index is 6.04. The van der Waals surface area contributed by atoms with Crippen LogP contribution in [0.3, 0.4) is 0 Å². The Kier molecular flexibility index (Phi) is 1.99. The SMILES string of the molecule is CC1(C)CCOc2c(Cl)cccc21. The van der Waals surface area contributed by atoms with Gasteiger partial charge in [-0.1, -0.05) is 37.6 Å². The van der Waals surface area contributed by atoms with Crippen molar-refractivity contribution in [2.24, 2.45) is 0 Å². The van der Waals surface area contributed by atoms with Gasteiger partial charge in [-0.25, -0.2) is 0 Å². The van der Waals surface area contributed by atoms with E-state index in [4.69, 9.17) is 16.3 Å². The number of para-hydroxylation sites is 1. The maximum Gasteiger partial charge on any atom is 0.141 e.